The third-order valence-corrected chi connectivity index (χ3v) is 8.43. The van der Waals surface area contributed by atoms with E-state index in [1.165, 1.54) is 112 Å². The molecule has 3 aliphatic carbocycles. The molecule has 1 atom stereocenters. The van der Waals surface area contributed by atoms with Crippen LogP contribution < -0.4 is 0 Å². The summed E-state index contributed by atoms with van der Waals surface area (Å²) >= 11 is 0. The molecule has 2 saturated carbocycles. The molecule has 0 bridgehead atoms. The van der Waals surface area contributed by atoms with Crippen LogP contribution in [0.3, 0.4) is 0 Å². The molecule has 0 saturated heterocycles. The maximum atomic E-state index is 11.4. The summed E-state index contributed by atoms with van der Waals surface area (Å²) in [6.45, 7) is 3.81. The molecule has 170 valence electrons. The number of aliphatic hydroxyl groups is 1. The first-order chi connectivity index (χ1) is 15.2. The highest BCUT2D eigenvalue weighted by molar-refractivity contribution is 5.86. The van der Waals surface area contributed by atoms with Crippen LogP contribution in [0.1, 0.15) is 93.9 Å². The average Bonchev–Trinajstić information content (AvgIpc) is 3.11. The van der Waals surface area contributed by atoms with Crippen LogP contribution in [0.4, 0.5) is 0 Å². The molecule has 5 rings (SSSR count). The fourth-order valence-corrected chi connectivity index (χ4v) is 6.89. The van der Waals surface area contributed by atoms with Gasteiger partial charge in [0, 0.05) is 35.2 Å². The van der Waals surface area contributed by atoms with Crippen molar-refractivity contribution in [2.75, 3.05) is 6.54 Å². The van der Waals surface area contributed by atoms with Crippen molar-refractivity contribution in [1.82, 2.24) is 9.47 Å². The van der Waals surface area contributed by atoms with E-state index < -0.39 is 0 Å². The standard InChI is InChI=1S/C28H42N2O/c1-21-16-17-28-26(18-21)25-14-8-9-15-27(25)30(28)20-24(31)19-29(22-10-4-2-5-11-22)23-12-6-3-7-13-23/h16-18,22-24,31H,2-15,19-20H2,1H3. The number of rotatable bonds is 6. The molecular formula is C28H42N2O. The number of aromatic nitrogens is 1. The summed E-state index contributed by atoms with van der Waals surface area (Å²) in [5.74, 6) is 0. The molecule has 3 aliphatic rings. The van der Waals surface area contributed by atoms with Crippen molar-refractivity contribution in [2.24, 2.45) is 0 Å². The van der Waals surface area contributed by atoms with Crippen molar-refractivity contribution >= 4 is 10.9 Å². The SMILES string of the molecule is Cc1ccc2c(c1)c1c(n2CC(O)CN(C2CCCCC2)C2CCCCC2)CCCC1. The van der Waals surface area contributed by atoms with Gasteiger partial charge in [0.15, 0.2) is 0 Å². The maximum Gasteiger partial charge on any atom is 0.0846 e. The van der Waals surface area contributed by atoms with E-state index in [1.807, 2.05) is 0 Å². The summed E-state index contributed by atoms with van der Waals surface area (Å²) in [7, 11) is 0. The lowest BCUT2D eigenvalue weighted by molar-refractivity contribution is 0.0235. The van der Waals surface area contributed by atoms with Crippen LogP contribution in [-0.4, -0.2) is 39.3 Å². The lowest BCUT2D eigenvalue weighted by atomic mass is 9.88. The molecular weight excluding hydrogens is 380 g/mol. The molecule has 0 amide bonds. The Morgan fingerprint density at radius 1 is 0.903 bits per heavy atom. The molecule has 0 radical (unpaired) electrons. The fourth-order valence-electron chi connectivity index (χ4n) is 6.89. The Morgan fingerprint density at radius 2 is 1.55 bits per heavy atom. The molecule has 3 heteroatoms. The second kappa shape index (κ2) is 9.67. The molecule has 1 aromatic heterocycles. The summed E-state index contributed by atoms with van der Waals surface area (Å²) in [5.41, 5.74) is 5.76. The largest absolute Gasteiger partial charge is 0.390 e. The van der Waals surface area contributed by atoms with E-state index in [1.54, 1.807) is 5.56 Å². The summed E-state index contributed by atoms with van der Waals surface area (Å²) in [4.78, 5) is 2.77. The molecule has 3 nitrogen and oxygen atoms in total. The molecule has 1 heterocycles. The third-order valence-electron chi connectivity index (χ3n) is 8.43. The number of aryl methyl sites for hydroxylation is 2. The van der Waals surface area contributed by atoms with E-state index in [2.05, 4.69) is 34.6 Å². The van der Waals surface area contributed by atoms with Crippen molar-refractivity contribution < 1.29 is 5.11 Å². The van der Waals surface area contributed by atoms with Gasteiger partial charge in [0.2, 0.25) is 0 Å². The highest BCUT2D eigenvalue weighted by Gasteiger charge is 2.31. The lowest BCUT2D eigenvalue weighted by Gasteiger charge is -2.42. The molecule has 1 N–H and O–H groups in total. The minimum absolute atomic E-state index is 0.285. The van der Waals surface area contributed by atoms with Crippen LogP contribution in [0.25, 0.3) is 10.9 Å². The highest BCUT2D eigenvalue weighted by atomic mass is 16.3. The first kappa shape index (κ1) is 21.5. The van der Waals surface area contributed by atoms with E-state index in [4.69, 9.17) is 0 Å². The molecule has 31 heavy (non-hydrogen) atoms. The molecule has 2 fully saturated rings. The molecule has 0 spiro atoms. The third kappa shape index (κ3) is 4.59. The van der Waals surface area contributed by atoms with E-state index in [9.17, 15) is 5.11 Å². The minimum atomic E-state index is -0.285. The predicted molar refractivity (Wildman–Crippen MR) is 130 cm³/mol. The number of benzene rings is 1. The van der Waals surface area contributed by atoms with Crippen LogP contribution in [0.2, 0.25) is 0 Å². The van der Waals surface area contributed by atoms with Gasteiger partial charge < -0.3 is 9.67 Å². The van der Waals surface area contributed by atoms with E-state index in [0.29, 0.717) is 12.1 Å². The number of aliphatic hydroxyl groups excluding tert-OH is 1. The Hall–Kier alpha value is -1.32. The van der Waals surface area contributed by atoms with Crippen LogP contribution in [0.15, 0.2) is 18.2 Å². The fraction of sp³-hybridized carbons (Fsp3) is 0.714. The summed E-state index contributed by atoms with van der Waals surface area (Å²) in [6, 6.07) is 8.32. The van der Waals surface area contributed by atoms with Gasteiger partial charge in [-0.05, 0) is 76.0 Å². The highest BCUT2D eigenvalue weighted by Crippen LogP contribution is 2.34. The van der Waals surface area contributed by atoms with Crippen LogP contribution in [-0.2, 0) is 19.4 Å². The second-order valence-corrected chi connectivity index (χ2v) is 10.7. The van der Waals surface area contributed by atoms with Crippen molar-refractivity contribution in [3.63, 3.8) is 0 Å². The van der Waals surface area contributed by atoms with Gasteiger partial charge in [0.25, 0.3) is 0 Å². The normalized spacial score (nSPS) is 22.2. The lowest BCUT2D eigenvalue weighted by Crippen LogP contribution is -2.49. The first-order valence-corrected chi connectivity index (χ1v) is 13.2. The monoisotopic (exact) mass is 422 g/mol. The summed E-state index contributed by atoms with van der Waals surface area (Å²) in [5, 5.41) is 12.8. The van der Waals surface area contributed by atoms with Gasteiger partial charge in [0.05, 0.1) is 12.6 Å². The molecule has 2 aromatic rings. The van der Waals surface area contributed by atoms with Crippen LogP contribution in [0.5, 0.6) is 0 Å². The quantitative estimate of drug-likeness (QED) is 0.604. The topological polar surface area (TPSA) is 28.4 Å². The Balaban J connectivity index is 1.38. The number of fused-ring (bicyclic) bond motifs is 3. The van der Waals surface area contributed by atoms with Gasteiger partial charge in [-0.3, -0.25) is 4.90 Å². The Kier molecular flexibility index (Phi) is 6.71. The zero-order valence-corrected chi connectivity index (χ0v) is 19.6. The van der Waals surface area contributed by atoms with Crippen molar-refractivity contribution in [3.8, 4) is 0 Å². The van der Waals surface area contributed by atoms with Crippen LogP contribution in [0, 0.1) is 6.92 Å². The second-order valence-electron chi connectivity index (χ2n) is 10.7. The Labute approximate surface area is 188 Å². The first-order valence-electron chi connectivity index (χ1n) is 13.2. The van der Waals surface area contributed by atoms with Gasteiger partial charge in [-0.25, -0.2) is 0 Å². The molecule has 1 aromatic carbocycles. The van der Waals surface area contributed by atoms with E-state index in [-0.39, 0.29) is 6.10 Å². The van der Waals surface area contributed by atoms with Gasteiger partial charge >= 0.3 is 0 Å². The Morgan fingerprint density at radius 3 is 2.23 bits per heavy atom. The summed E-state index contributed by atoms with van der Waals surface area (Å²) < 4.78 is 2.49. The Bertz CT molecular complexity index is 855. The van der Waals surface area contributed by atoms with Gasteiger partial charge in [-0.1, -0.05) is 50.2 Å². The van der Waals surface area contributed by atoms with Gasteiger partial charge in [0.1, 0.15) is 0 Å². The zero-order valence-electron chi connectivity index (χ0n) is 19.6. The number of hydrogen-bond acceptors (Lipinski definition) is 2. The van der Waals surface area contributed by atoms with Crippen LogP contribution >= 0.6 is 0 Å². The zero-order chi connectivity index (χ0) is 21.2. The van der Waals surface area contributed by atoms with Crippen molar-refractivity contribution in [2.45, 2.75) is 122 Å². The number of hydrogen-bond donors (Lipinski definition) is 1. The summed E-state index contributed by atoms with van der Waals surface area (Å²) in [6.07, 6.45) is 18.3. The van der Waals surface area contributed by atoms with Gasteiger partial charge in [-0.2, -0.15) is 0 Å². The molecule has 0 aliphatic heterocycles. The molecule has 1 unspecified atom stereocenters. The van der Waals surface area contributed by atoms with Crippen molar-refractivity contribution in [3.05, 3.63) is 35.0 Å². The average molecular weight is 423 g/mol. The smallest absolute Gasteiger partial charge is 0.0846 e. The van der Waals surface area contributed by atoms with E-state index >= 15 is 0 Å². The van der Waals surface area contributed by atoms with E-state index in [0.717, 1.165) is 13.1 Å². The van der Waals surface area contributed by atoms with Crippen molar-refractivity contribution in [1.29, 1.82) is 0 Å². The predicted octanol–water partition coefficient (Wildman–Crippen LogP) is 6.16. The maximum absolute atomic E-state index is 11.4. The van der Waals surface area contributed by atoms with Gasteiger partial charge in [-0.15, -0.1) is 0 Å². The minimum Gasteiger partial charge on any atom is -0.390 e. The number of nitrogens with zero attached hydrogens (tertiary/aromatic N) is 2.